The second-order valence-corrected chi connectivity index (χ2v) is 14.8. The molecule has 1 aliphatic carbocycles. The van der Waals surface area contributed by atoms with Crippen LogP contribution < -0.4 is 0 Å². The first kappa shape index (κ1) is 30.7. The summed E-state index contributed by atoms with van der Waals surface area (Å²) in [6, 6.07) is 60.6. The Hall–Kier alpha value is -6.91. The van der Waals surface area contributed by atoms with Gasteiger partial charge >= 0.3 is 0 Å². The molecule has 0 radical (unpaired) electrons. The van der Waals surface area contributed by atoms with Crippen LogP contribution in [-0.4, -0.2) is 19.5 Å². The van der Waals surface area contributed by atoms with E-state index in [2.05, 4.69) is 152 Å². The standard InChI is InChI=1S/C50H34N4/c1-50(2)41-27-25-31-15-9-10-20-34(31)46(41)40-29-39-37-23-13-14-24-43(37)54(45(39)30-42(40)50)44-28-26-38(35-21-11-12-22-36(35)44)49-52-47(32-16-5-3-6-17-32)51-48(53-49)33-18-7-4-8-19-33/h3-30H,1-2H3. The van der Waals surface area contributed by atoms with Gasteiger partial charge in [0.15, 0.2) is 17.5 Å². The number of para-hydroxylation sites is 1. The van der Waals surface area contributed by atoms with Crippen LogP contribution in [0.5, 0.6) is 0 Å². The third-order valence-corrected chi connectivity index (χ3v) is 11.4. The lowest BCUT2D eigenvalue weighted by molar-refractivity contribution is 0.661. The molecule has 2 heterocycles. The number of nitrogens with zero attached hydrogens (tertiary/aromatic N) is 4. The number of aromatic nitrogens is 4. The first-order valence-electron chi connectivity index (χ1n) is 18.5. The summed E-state index contributed by atoms with van der Waals surface area (Å²) in [6.07, 6.45) is 0. The Kier molecular flexibility index (Phi) is 6.56. The lowest BCUT2D eigenvalue weighted by Gasteiger charge is -2.22. The summed E-state index contributed by atoms with van der Waals surface area (Å²) in [5, 5.41) is 7.31. The summed E-state index contributed by atoms with van der Waals surface area (Å²) in [4.78, 5) is 15.2. The molecule has 54 heavy (non-hydrogen) atoms. The van der Waals surface area contributed by atoms with E-state index in [1.165, 1.54) is 54.8 Å². The summed E-state index contributed by atoms with van der Waals surface area (Å²) in [5.41, 5.74) is 11.7. The van der Waals surface area contributed by atoms with Gasteiger partial charge in [0.1, 0.15) is 0 Å². The quantitative estimate of drug-likeness (QED) is 0.185. The fourth-order valence-electron chi connectivity index (χ4n) is 8.83. The van der Waals surface area contributed by atoms with E-state index < -0.39 is 0 Å². The summed E-state index contributed by atoms with van der Waals surface area (Å²) in [7, 11) is 0. The summed E-state index contributed by atoms with van der Waals surface area (Å²) < 4.78 is 2.46. The first-order chi connectivity index (χ1) is 26.5. The Morgan fingerprint density at radius 3 is 1.72 bits per heavy atom. The van der Waals surface area contributed by atoms with Gasteiger partial charge in [-0.2, -0.15) is 0 Å². The van der Waals surface area contributed by atoms with Crippen LogP contribution in [0, 0.1) is 0 Å². The fourth-order valence-corrected chi connectivity index (χ4v) is 8.83. The maximum Gasteiger partial charge on any atom is 0.164 e. The van der Waals surface area contributed by atoms with Gasteiger partial charge in [0, 0.05) is 38.3 Å². The Morgan fingerprint density at radius 2 is 1.00 bits per heavy atom. The van der Waals surface area contributed by atoms with Gasteiger partial charge < -0.3 is 4.57 Å². The van der Waals surface area contributed by atoms with Crippen LogP contribution in [0.2, 0.25) is 0 Å². The second-order valence-electron chi connectivity index (χ2n) is 14.8. The zero-order valence-electron chi connectivity index (χ0n) is 30.0. The summed E-state index contributed by atoms with van der Waals surface area (Å²) >= 11 is 0. The SMILES string of the molecule is CC1(C)c2cc3c(cc2-c2c1ccc1ccccc21)c1ccccc1n3-c1ccc(-c2nc(-c3ccccc3)nc(-c3ccccc3)n2)c2ccccc12. The monoisotopic (exact) mass is 690 g/mol. The number of benzene rings is 8. The molecule has 0 amide bonds. The normalized spacial score (nSPS) is 13.1. The zero-order chi connectivity index (χ0) is 36.0. The number of fused-ring (bicyclic) bond motifs is 9. The third-order valence-electron chi connectivity index (χ3n) is 11.4. The van der Waals surface area contributed by atoms with E-state index in [1.807, 2.05) is 36.4 Å². The predicted molar refractivity (Wildman–Crippen MR) is 223 cm³/mol. The zero-order valence-corrected chi connectivity index (χ0v) is 30.0. The minimum Gasteiger partial charge on any atom is -0.309 e. The van der Waals surface area contributed by atoms with Crippen molar-refractivity contribution < 1.29 is 0 Å². The molecule has 0 saturated heterocycles. The van der Waals surface area contributed by atoms with E-state index in [-0.39, 0.29) is 5.41 Å². The van der Waals surface area contributed by atoms with E-state index in [9.17, 15) is 0 Å². The highest BCUT2D eigenvalue weighted by molar-refractivity contribution is 6.15. The minimum absolute atomic E-state index is 0.151. The molecule has 4 nitrogen and oxygen atoms in total. The molecule has 0 fully saturated rings. The second kappa shape index (κ2) is 11.5. The molecule has 0 atom stereocenters. The Morgan fingerprint density at radius 1 is 0.407 bits per heavy atom. The van der Waals surface area contributed by atoms with Gasteiger partial charge in [0.25, 0.3) is 0 Å². The van der Waals surface area contributed by atoms with Crippen LogP contribution in [0.4, 0.5) is 0 Å². The van der Waals surface area contributed by atoms with E-state index in [0.717, 1.165) is 33.2 Å². The van der Waals surface area contributed by atoms with Crippen molar-refractivity contribution in [2.45, 2.75) is 19.3 Å². The highest BCUT2D eigenvalue weighted by Crippen LogP contribution is 2.53. The van der Waals surface area contributed by atoms with Gasteiger partial charge in [-0.05, 0) is 68.7 Å². The summed E-state index contributed by atoms with van der Waals surface area (Å²) in [6.45, 7) is 4.75. The van der Waals surface area contributed by atoms with Crippen LogP contribution >= 0.6 is 0 Å². The van der Waals surface area contributed by atoms with Crippen molar-refractivity contribution in [3.05, 3.63) is 181 Å². The van der Waals surface area contributed by atoms with Crippen molar-refractivity contribution in [1.29, 1.82) is 0 Å². The van der Waals surface area contributed by atoms with E-state index in [1.54, 1.807) is 0 Å². The molecule has 0 unspecified atom stereocenters. The molecule has 254 valence electrons. The van der Waals surface area contributed by atoms with E-state index >= 15 is 0 Å². The number of hydrogen-bond donors (Lipinski definition) is 0. The van der Waals surface area contributed by atoms with Gasteiger partial charge in [0.2, 0.25) is 0 Å². The maximum atomic E-state index is 5.11. The molecule has 1 aliphatic rings. The molecule has 11 rings (SSSR count). The van der Waals surface area contributed by atoms with Crippen LogP contribution in [0.1, 0.15) is 25.0 Å². The van der Waals surface area contributed by atoms with Crippen LogP contribution in [0.25, 0.3) is 94.3 Å². The van der Waals surface area contributed by atoms with Gasteiger partial charge in [-0.1, -0.05) is 153 Å². The van der Waals surface area contributed by atoms with E-state index in [4.69, 9.17) is 15.0 Å². The number of rotatable bonds is 4. The summed E-state index contributed by atoms with van der Waals surface area (Å²) in [5.74, 6) is 1.96. The molecule has 8 aromatic carbocycles. The lowest BCUT2D eigenvalue weighted by Crippen LogP contribution is -2.15. The fraction of sp³-hybridized carbons (Fsp3) is 0.0600. The smallest absolute Gasteiger partial charge is 0.164 e. The third kappa shape index (κ3) is 4.47. The largest absolute Gasteiger partial charge is 0.309 e. The van der Waals surface area contributed by atoms with Crippen molar-refractivity contribution in [2.24, 2.45) is 0 Å². The molecule has 0 spiro atoms. The molecule has 0 N–H and O–H groups in total. The topological polar surface area (TPSA) is 43.6 Å². The molecule has 0 aliphatic heterocycles. The van der Waals surface area contributed by atoms with Gasteiger partial charge in [0.05, 0.1) is 16.7 Å². The van der Waals surface area contributed by atoms with Gasteiger partial charge in [-0.25, -0.2) is 15.0 Å². The highest BCUT2D eigenvalue weighted by Gasteiger charge is 2.37. The molecule has 10 aromatic rings. The van der Waals surface area contributed by atoms with Crippen molar-refractivity contribution in [3.63, 3.8) is 0 Å². The molecular formula is C50H34N4. The van der Waals surface area contributed by atoms with Crippen molar-refractivity contribution in [3.8, 4) is 51.0 Å². The van der Waals surface area contributed by atoms with Gasteiger partial charge in [-0.3, -0.25) is 0 Å². The lowest BCUT2D eigenvalue weighted by atomic mass is 9.82. The van der Waals surface area contributed by atoms with Gasteiger partial charge in [-0.15, -0.1) is 0 Å². The van der Waals surface area contributed by atoms with Crippen molar-refractivity contribution >= 4 is 43.4 Å². The Balaban J connectivity index is 1.16. The Labute approximate surface area is 313 Å². The molecule has 4 heteroatoms. The van der Waals surface area contributed by atoms with Crippen LogP contribution in [-0.2, 0) is 5.41 Å². The highest BCUT2D eigenvalue weighted by atomic mass is 15.0. The first-order valence-corrected chi connectivity index (χ1v) is 18.5. The average Bonchev–Trinajstić information content (AvgIpc) is 3.67. The van der Waals surface area contributed by atoms with Crippen molar-refractivity contribution in [1.82, 2.24) is 19.5 Å². The minimum atomic E-state index is -0.151. The Bertz CT molecular complexity index is 3060. The maximum absolute atomic E-state index is 5.11. The molecular weight excluding hydrogens is 657 g/mol. The number of hydrogen-bond acceptors (Lipinski definition) is 3. The molecule has 0 saturated carbocycles. The molecule has 0 bridgehead atoms. The van der Waals surface area contributed by atoms with Crippen LogP contribution in [0.3, 0.4) is 0 Å². The predicted octanol–water partition coefficient (Wildman–Crippen LogP) is 12.6. The average molecular weight is 691 g/mol. The molecule has 2 aromatic heterocycles. The van der Waals surface area contributed by atoms with Crippen LogP contribution in [0.15, 0.2) is 170 Å². The van der Waals surface area contributed by atoms with E-state index in [0.29, 0.717) is 17.5 Å². The van der Waals surface area contributed by atoms with Crippen molar-refractivity contribution in [2.75, 3.05) is 0 Å².